The lowest BCUT2D eigenvalue weighted by molar-refractivity contribution is -0.145. The van der Waals surface area contributed by atoms with Gasteiger partial charge < -0.3 is 18.5 Å². The van der Waals surface area contributed by atoms with Crippen molar-refractivity contribution < 1.29 is 23.3 Å². The van der Waals surface area contributed by atoms with Crippen LogP contribution < -0.4 is 0 Å². The molecule has 6 heteroatoms. The van der Waals surface area contributed by atoms with Gasteiger partial charge in [-0.15, -0.1) is 0 Å². The molecule has 0 aromatic carbocycles. The minimum Gasteiger partial charge on any atom is -0.464 e. The third-order valence-corrected chi connectivity index (χ3v) is 2.22. The largest absolute Gasteiger partial charge is 0.464 e. The first-order chi connectivity index (χ1) is 7.24. The predicted octanol–water partition coefficient (Wildman–Crippen LogP) is 1.52. The summed E-state index contributed by atoms with van der Waals surface area (Å²) in [5, 5.41) is 0. The Morgan fingerprint density at radius 2 is 2.07 bits per heavy atom. The molecule has 0 saturated heterocycles. The lowest BCUT2D eigenvalue weighted by atomic mass is 10.3. The van der Waals surface area contributed by atoms with E-state index < -0.39 is 0 Å². The number of ether oxygens (including phenoxy) is 2. The predicted molar refractivity (Wildman–Crippen MR) is 57.9 cm³/mol. The smallest absolute Gasteiger partial charge is 0.332 e. The highest BCUT2D eigenvalue weighted by Gasteiger charge is 2.05. The van der Waals surface area contributed by atoms with Gasteiger partial charge in [0.05, 0.1) is 19.3 Å². The second kappa shape index (κ2) is 10.3. The molecule has 2 unspecified atom stereocenters. The summed E-state index contributed by atoms with van der Waals surface area (Å²) in [7, 11) is 1.49. The average Bonchev–Trinajstić information content (AvgIpc) is 2.24. The van der Waals surface area contributed by atoms with Crippen molar-refractivity contribution in [2.24, 2.45) is 0 Å². The second-order valence-electron chi connectivity index (χ2n) is 2.75. The zero-order valence-electron chi connectivity index (χ0n) is 9.45. The highest BCUT2D eigenvalue weighted by atomic mass is 31.1. The third kappa shape index (κ3) is 8.75. The van der Waals surface area contributed by atoms with Crippen LogP contribution in [0.2, 0.25) is 0 Å². The number of rotatable bonds is 9. The van der Waals surface area contributed by atoms with Gasteiger partial charge >= 0.3 is 5.97 Å². The minimum absolute atomic E-state index is 0.0595. The molecule has 0 spiro atoms. The molecule has 2 atom stereocenters. The van der Waals surface area contributed by atoms with E-state index in [1.807, 2.05) is 6.92 Å². The van der Waals surface area contributed by atoms with Crippen molar-refractivity contribution >= 4 is 15.0 Å². The molecule has 0 aromatic rings. The van der Waals surface area contributed by atoms with Gasteiger partial charge in [-0.05, 0) is 13.3 Å². The highest BCUT2D eigenvalue weighted by Crippen LogP contribution is 2.14. The molecule has 90 valence electrons. The van der Waals surface area contributed by atoms with Gasteiger partial charge in [0.2, 0.25) is 0 Å². The summed E-state index contributed by atoms with van der Waals surface area (Å²) in [5.74, 6) is -0.368. The molecule has 5 nitrogen and oxygen atoms in total. The standard InChI is InChI=1S/C9H19O5P/c1-4-8(11-3)6-13-15-14-7-9(10)12-5-2/h8,15H,4-7H2,1-3H3. The Morgan fingerprint density at radius 1 is 1.33 bits per heavy atom. The van der Waals surface area contributed by atoms with Crippen molar-refractivity contribution in [1.29, 1.82) is 0 Å². The SMILES string of the molecule is CCOC(=O)COPOCC(CC)OC. The summed E-state index contributed by atoms with van der Waals surface area (Å²) < 4.78 is 19.9. The maximum Gasteiger partial charge on any atom is 0.332 e. The Balaban J connectivity index is 3.27. The van der Waals surface area contributed by atoms with Gasteiger partial charge in [0.25, 0.3) is 0 Å². The topological polar surface area (TPSA) is 54.0 Å². The average molecular weight is 238 g/mol. The van der Waals surface area contributed by atoms with Crippen LogP contribution in [0.1, 0.15) is 20.3 Å². The summed E-state index contributed by atoms with van der Waals surface area (Å²) in [5.41, 5.74) is 0. The molecule has 0 aliphatic heterocycles. The Labute approximate surface area is 92.4 Å². The summed E-state index contributed by atoms with van der Waals surface area (Å²) in [6, 6.07) is 0. The second-order valence-corrected chi connectivity index (χ2v) is 3.50. The van der Waals surface area contributed by atoms with Crippen LogP contribution in [0.4, 0.5) is 0 Å². The number of hydrogen-bond donors (Lipinski definition) is 0. The van der Waals surface area contributed by atoms with Crippen LogP contribution in [0.5, 0.6) is 0 Å². The first-order valence-electron chi connectivity index (χ1n) is 4.91. The summed E-state index contributed by atoms with van der Waals surface area (Å²) in [4.78, 5) is 10.8. The van der Waals surface area contributed by atoms with E-state index >= 15 is 0 Å². The molecule has 0 aliphatic rings. The minimum atomic E-state index is -0.368. The van der Waals surface area contributed by atoms with Crippen LogP contribution in [0.15, 0.2) is 0 Å². The molecule has 0 amide bonds. The number of carbonyl (C=O) groups excluding carboxylic acids is 1. The summed E-state index contributed by atoms with van der Waals surface area (Å²) in [6.07, 6.45) is 0.975. The Kier molecular flexibility index (Phi) is 10.2. The lowest BCUT2D eigenvalue weighted by Crippen LogP contribution is -2.15. The Bertz CT molecular complexity index is 161. The Morgan fingerprint density at radius 3 is 2.60 bits per heavy atom. The molecule has 0 bridgehead atoms. The van der Waals surface area contributed by atoms with Crippen molar-refractivity contribution in [2.45, 2.75) is 26.4 Å². The maximum absolute atomic E-state index is 10.8. The van der Waals surface area contributed by atoms with Crippen LogP contribution in [0, 0.1) is 0 Å². The maximum atomic E-state index is 10.8. The van der Waals surface area contributed by atoms with Crippen molar-refractivity contribution in [1.82, 2.24) is 0 Å². The van der Waals surface area contributed by atoms with Gasteiger partial charge in [0.15, 0.2) is 15.6 Å². The fourth-order valence-corrected chi connectivity index (χ4v) is 1.33. The van der Waals surface area contributed by atoms with Crippen LogP contribution in [-0.2, 0) is 23.3 Å². The first-order valence-corrected chi connectivity index (χ1v) is 5.73. The lowest BCUT2D eigenvalue weighted by Gasteiger charge is -2.12. The van der Waals surface area contributed by atoms with Gasteiger partial charge in [-0.1, -0.05) is 6.92 Å². The van der Waals surface area contributed by atoms with E-state index in [2.05, 4.69) is 4.74 Å². The van der Waals surface area contributed by atoms with E-state index in [0.29, 0.717) is 13.2 Å². The monoisotopic (exact) mass is 238 g/mol. The quantitative estimate of drug-likeness (QED) is 0.346. The zero-order valence-corrected chi connectivity index (χ0v) is 10.4. The van der Waals surface area contributed by atoms with Gasteiger partial charge in [-0.3, -0.25) is 0 Å². The highest BCUT2D eigenvalue weighted by molar-refractivity contribution is 7.26. The molecule has 0 rings (SSSR count). The fourth-order valence-electron chi connectivity index (χ4n) is 0.812. The van der Waals surface area contributed by atoms with Crippen molar-refractivity contribution in [2.75, 3.05) is 26.9 Å². The van der Waals surface area contributed by atoms with Crippen molar-refractivity contribution in [3.05, 3.63) is 0 Å². The van der Waals surface area contributed by atoms with E-state index in [4.69, 9.17) is 13.8 Å². The third-order valence-electron chi connectivity index (χ3n) is 1.67. The van der Waals surface area contributed by atoms with E-state index in [9.17, 15) is 4.79 Å². The molecule has 0 N–H and O–H groups in total. The first kappa shape index (κ1) is 14.8. The van der Waals surface area contributed by atoms with Gasteiger partial charge in [0, 0.05) is 7.11 Å². The number of methoxy groups -OCH3 is 1. The van der Waals surface area contributed by atoms with E-state index in [-0.39, 0.29) is 27.7 Å². The van der Waals surface area contributed by atoms with E-state index in [1.165, 1.54) is 0 Å². The number of esters is 1. The molecule has 0 fully saturated rings. The molecular weight excluding hydrogens is 219 g/mol. The molecule has 15 heavy (non-hydrogen) atoms. The molecule has 0 aromatic heterocycles. The number of hydrogen-bond acceptors (Lipinski definition) is 5. The van der Waals surface area contributed by atoms with Crippen molar-refractivity contribution in [3.63, 3.8) is 0 Å². The van der Waals surface area contributed by atoms with E-state index in [1.54, 1.807) is 14.0 Å². The molecule has 0 aliphatic carbocycles. The van der Waals surface area contributed by atoms with Gasteiger partial charge in [0.1, 0.15) is 0 Å². The summed E-state index contributed by atoms with van der Waals surface area (Å²) in [6.45, 7) is 4.55. The molecule has 0 heterocycles. The fraction of sp³-hybridized carbons (Fsp3) is 0.889. The Hall–Kier alpha value is -0.220. The molecule has 0 saturated carbocycles. The molecular formula is C9H19O5P. The van der Waals surface area contributed by atoms with Gasteiger partial charge in [-0.25, -0.2) is 4.79 Å². The normalized spacial score (nSPS) is 13.3. The van der Waals surface area contributed by atoms with Gasteiger partial charge in [-0.2, -0.15) is 0 Å². The molecule has 0 radical (unpaired) electrons. The van der Waals surface area contributed by atoms with Crippen LogP contribution in [0.3, 0.4) is 0 Å². The van der Waals surface area contributed by atoms with Crippen LogP contribution in [-0.4, -0.2) is 39.0 Å². The van der Waals surface area contributed by atoms with Crippen LogP contribution in [0.25, 0.3) is 0 Å². The van der Waals surface area contributed by atoms with Crippen LogP contribution >= 0.6 is 9.03 Å². The summed E-state index contributed by atoms with van der Waals surface area (Å²) >= 11 is 0. The number of carbonyl (C=O) groups is 1. The van der Waals surface area contributed by atoms with Crippen molar-refractivity contribution in [3.8, 4) is 0 Å². The zero-order chi connectivity index (χ0) is 11.5. The van der Waals surface area contributed by atoms with E-state index in [0.717, 1.165) is 6.42 Å².